The quantitative estimate of drug-likeness (QED) is 0.539. The fourth-order valence-electron chi connectivity index (χ4n) is 2.80. The maximum atomic E-state index is 4.09. The Balaban J connectivity index is 2.08. The molecule has 2 aliphatic heterocycles. The first-order valence-electron chi connectivity index (χ1n) is 5.11. The van der Waals surface area contributed by atoms with E-state index >= 15 is 0 Å². The zero-order valence-corrected chi connectivity index (χ0v) is 8.21. The number of nitrogens with zero attached hydrogens (tertiary/aromatic N) is 1. The van der Waals surface area contributed by atoms with Crippen molar-refractivity contribution in [1.82, 2.24) is 4.90 Å². The highest BCUT2D eigenvalue weighted by molar-refractivity contribution is 5.12. The third-order valence-corrected chi connectivity index (χ3v) is 3.39. The second-order valence-electron chi connectivity index (χ2n) is 4.67. The van der Waals surface area contributed by atoms with Crippen molar-refractivity contribution in [3.05, 3.63) is 12.2 Å². The van der Waals surface area contributed by atoms with E-state index in [4.69, 9.17) is 0 Å². The van der Waals surface area contributed by atoms with Gasteiger partial charge in [0.1, 0.15) is 0 Å². The maximum absolute atomic E-state index is 4.09. The van der Waals surface area contributed by atoms with Crippen molar-refractivity contribution in [3.63, 3.8) is 0 Å². The highest BCUT2D eigenvalue weighted by Gasteiger charge is 2.38. The van der Waals surface area contributed by atoms with Gasteiger partial charge in [0, 0.05) is 18.6 Å². The molecule has 0 unspecified atom stereocenters. The monoisotopic (exact) mass is 165 g/mol. The van der Waals surface area contributed by atoms with Crippen LogP contribution in [0.15, 0.2) is 12.2 Å². The van der Waals surface area contributed by atoms with E-state index in [9.17, 15) is 0 Å². The number of rotatable bonds is 1. The van der Waals surface area contributed by atoms with Gasteiger partial charge in [0.2, 0.25) is 0 Å². The molecule has 0 radical (unpaired) electrons. The average Bonchev–Trinajstić information content (AvgIpc) is 2.43. The van der Waals surface area contributed by atoms with Gasteiger partial charge in [0.25, 0.3) is 0 Å². The van der Waals surface area contributed by atoms with E-state index in [2.05, 4.69) is 25.3 Å². The van der Waals surface area contributed by atoms with Gasteiger partial charge in [0.05, 0.1) is 0 Å². The predicted molar refractivity (Wildman–Crippen MR) is 52.1 cm³/mol. The van der Waals surface area contributed by atoms with Crippen LogP contribution >= 0.6 is 0 Å². The largest absolute Gasteiger partial charge is 0.293 e. The molecular weight excluding hydrogens is 146 g/mol. The van der Waals surface area contributed by atoms with Crippen molar-refractivity contribution in [2.24, 2.45) is 5.92 Å². The third-order valence-electron chi connectivity index (χ3n) is 3.39. The lowest BCUT2D eigenvalue weighted by molar-refractivity contribution is 0.204. The Morgan fingerprint density at radius 1 is 1.42 bits per heavy atom. The van der Waals surface area contributed by atoms with E-state index in [1.54, 1.807) is 0 Å². The van der Waals surface area contributed by atoms with Gasteiger partial charge in [-0.1, -0.05) is 26.0 Å². The Bertz CT molecular complexity index is 195. The van der Waals surface area contributed by atoms with Gasteiger partial charge in [-0.25, -0.2) is 0 Å². The summed E-state index contributed by atoms with van der Waals surface area (Å²) in [6.07, 6.45) is 4.08. The van der Waals surface area contributed by atoms with Gasteiger partial charge >= 0.3 is 0 Å². The molecule has 0 N–H and O–H groups in total. The minimum absolute atomic E-state index is 0.820. The van der Waals surface area contributed by atoms with Crippen LogP contribution in [0.5, 0.6) is 0 Å². The fraction of sp³-hybridized carbons (Fsp3) is 0.818. The lowest BCUT2D eigenvalue weighted by Gasteiger charge is -2.26. The number of fused-ring (bicyclic) bond motifs is 1. The summed E-state index contributed by atoms with van der Waals surface area (Å²) < 4.78 is 0. The summed E-state index contributed by atoms with van der Waals surface area (Å²) in [5.41, 5.74) is 1.45. The smallest absolute Gasteiger partial charge is 0.0196 e. The molecule has 0 amide bonds. The summed E-state index contributed by atoms with van der Waals surface area (Å²) in [5, 5.41) is 0. The zero-order chi connectivity index (χ0) is 8.72. The van der Waals surface area contributed by atoms with Crippen LogP contribution in [0.2, 0.25) is 0 Å². The van der Waals surface area contributed by atoms with E-state index in [0.717, 1.165) is 18.0 Å². The molecule has 1 heteroatoms. The number of hydrogen-bond donors (Lipinski definition) is 0. The van der Waals surface area contributed by atoms with E-state index in [0.29, 0.717) is 0 Å². The van der Waals surface area contributed by atoms with E-state index in [1.807, 2.05) is 0 Å². The van der Waals surface area contributed by atoms with Crippen molar-refractivity contribution < 1.29 is 0 Å². The second kappa shape index (κ2) is 2.88. The lowest BCUT2D eigenvalue weighted by atomic mass is 10.0. The molecule has 0 aromatic carbocycles. The fourth-order valence-corrected chi connectivity index (χ4v) is 2.80. The lowest BCUT2D eigenvalue weighted by Crippen LogP contribution is -2.34. The maximum Gasteiger partial charge on any atom is 0.0196 e. The Kier molecular flexibility index (Phi) is 1.99. The van der Waals surface area contributed by atoms with Crippen molar-refractivity contribution in [3.8, 4) is 0 Å². The van der Waals surface area contributed by atoms with Crippen LogP contribution in [0.4, 0.5) is 0 Å². The van der Waals surface area contributed by atoms with Gasteiger partial charge in [-0.05, 0) is 25.2 Å². The normalized spacial score (nSPS) is 36.4. The summed E-state index contributed by atoms with van der Waals surface area (Å²) in [4.78, 5) is 2.67. The highest BCUT2D eigenvalue weighted by atomic mass is 15.2. The second-order valence-corrected chi connectivity index (χ2v) is 4.67. The average molecular weight is 165 g/mol. The summed E-state index contributed by atoms with van der Waals surface area (Å²) in [6.45, 7) is 9.95. The molecule has 0 aromatic rings. The Hall–Kier alpha value is -0.300. The van der Waals surface area contributed by atoms with Crippen LogP contribution < -0.4 is 0 Å². The predicted octanol–water partition coefficient (Wildman–Crippen LogP) is 2.44. The molecule has 68 valence electrons. The Morgan fingerprint density at radius 3 is 2.83 bits per heavy atom. The molecule has 2 saturated heterocycles. The molecule has 0 bridgehead atoms. The zero-order valence-electron chi connectivity index (χ0n) is 8.21. The summed E-state index contributed by atoms with van der Waals surface area (Å²) in [5.74, 6) is 0.820. The van der Waals surface area contributed by atoms with Crippen molar-refractivity contribution >= 4 is 0 Å². The first-order chi connectivity index (χ1) is 5.68. The molecule has 2 aliphatic rings. The molecular formula is C11H19N. The van der Waals surface area contributed by atoms with Crippen LogP contribution in [0.1, 0.15) is 33.1 Å². The van der Waals surface area contributed by atoms with Crippen LogP contribution in [0.3, 0.4) is 0 Å². The Morgan fingerprint density at radius 2 is 2.17 bits per heavy atom. The summed E-state index contributed by atoms with van der Waals surface area (Å²) >= 11 is 0. The number of hydrogen-bond acceptors (Lipinski definition) is 1. The van der Waals surface area contributed by atoms with Crippen LogP contribution in [-0.4, -0.2) is 23.5 Å². The molecule has 0 saturated carbocycles. The molecule has 1 nitrogen and oxygen atoms in total. The molecule has 12 heavy (non-hydrogen) atoms. The highest BCUT2D eigenvalue weighted by Crippen LogP contribution is 2.37. The standard InChI is InChI=1S/C11H19N/c1-8(2)11-5-4-10-6-9(3)7-12(10)11/h8,10-11H,3-7H2,1-2H3/t10-,11-/m0/s1. The van der Waals surface area contributed by atoms with E-state index < -0.39 is 0 Å². The third kappa shape index (κ3) is 1.20. The van der Waals surface area contributed by atoms with Crippen LogP contribution in [0.25, 0.3) is 0 Å². The van der Waals surface area contributed by atoms with Gasteiger partial charge in [-0.3, -0.25) is 4.90 Å². The SMILES string of the molecule is C=C1C[C@@H]2CC[C@@H](C(C)C)N2C1. The van der Waals surface area contributed by atoms with Crippen LogP contribution in [-0.2, 0) is 0 Å². The van der Waals surface area contributed by atoms with Gasteiger partial charge < -0.3 is 0 Å². The minimum atomic E-state index is 0.820. The molecule has 0 spiro atoms. The van der Waals surface area contributed by atoms with Crippen molar-refractivity contribution in [2.75, 3.05) is 6.54 Å². The molecule has 2 fully saturated rings. The molecule has 2 heterocycles. The minimum Gasteiger partial charge on any atom is -0.293 e. The summed E-state index contributed by atoms with van der Waals surface area (Å²) in [6, 6.07) is 1.69. The Labute approximate surface area is 75.4 Å². The molecule has 0 aromatic heterocycles. The molecule has 0 aliphatic carbocycles. The first kappa shape index (κ1) is 8.31. The van der Waals surface area contributed by atoms with Crippen molar-refractivity contribution in [1.29, 1.82) is 0 Å². The molecule has 2 rings (SSSR count). The molecule has 2 atom stereocenters. The first-order valence-corrected chi connectivity index (χ1v) is 5.11. The van der Waals surface area contributed by atoms with Gasteiger partial charge in [-0.15, -0.1) is 0 Å². The van der Waals surface area contributed by atoms with E-state index in [-0.39, 0.29) is 0 Å². The van der Waals surface area contributed by atoms with Crippen LogP contribution in [0, 0.1) is 5.92 Å². The van der Waals surface area contributed by atoms with Crippen molar-refractivity contribution in [2.45, 2.75) is 45.2 Å². The van der Waals surface area contributed by atoms with Gasteiger partial charge in [0.15, 0.2) is 0 Å². The van der Waals surface area contributed by atoms with E-state index in [1.165, 1.54) is 31.4 Å². The topological polar surface area (TPSA) is 3.24 Å². The van der Waals surface area contributed by atoms with Gasteiger partial charge in [-0.2, -0.15) is 0 Å². The summed E-state index contributed by atoms with van der Waals surface area (Å²) in [7, 11) is 0.